The molecular weight excluding hydrogens is 342 g/mol. The average molecular weight is 365 g/mol. The van der Waals surface area contributed by atoms with Crippen LogP contribution in [0.15, 0.2) is 41.7 Å². The monoisotopic (exact) mass is 365 g/mol. The predicted molar refractivity (Wildman–Crippen MR) is 104 cm³/mol. The predicted octanol–water partition coefficient (Wildman–Crippen LogP) is 2.69. The van der Waals surface area contributed by atoms with Crippen molar-refractivity contribution in [3.63, 3.8) is 0 Å². The van der Waals surface area contributed by atoms with E-state index in [0.717, 1.165) is 18.7 Å². The van der Waals surface area contributed by atoms with Crippen LogP contribution in [0.25, 0.3) is 0 Å². The third kappa shape index (κ3) is 4.66. The minimum atomic E-state index is 0.128. The van der Waals surface area contributed by atoms with E-state index in [9.17, 15) is 5.11 Å². The maximum Gasteiger partial charge on any atom is 0.254 e. The number of anilines is 1. The van der Waals surface area contributed by atoms with E-state index in [0.29, 0.717) is 30.1 Å². The van der Waals surface area contributed by atoms with Crippen molar-refractivity contribution in [3.8, 4) is 5.75 Å². The number of phenols is 1. The highest BCUT2D eigenvalue weighted by molar-refractivity contribution is 6.02. The number of aromatic hydroxyl groups is 1. The molecule has 0 saturated carbocycles. The van der Waals surface area contributed by atoms with Crippen LogP contribution in [-0.4, -0.2) is 35.3 Å². The Bertz CT molecular complexity index is 949. The van der Waals surface area contributed by atoms with Crippen molar-refractivity contribution in [2.45, 2.75) is 39.7 Å². The maximum atomic E-state index is 9.96. The van der Waals surface area contributed by atoms with Gasteiger partial charge in [-0.15, -0.1) is 0 Å². The molecule has 8 heteroatoms. The number of aryl methyl sites for hydroxylation is 3. The van der Waals surface area contributed by atoms with E-state index < -0.39 is 0 Å². The highest BCUT2D eigenvalue weighted by Gasteiger charge is 2.09. The number of nitrogens with zero attached hydrogens (tertiary/aromatic N) is 6. The van der Waals surface area contributed by atoms with Gasteiger partial charge in [-0.05, 0) is 25.5 Å². The van der Waals surface area contributed by atoms with Crippen LogP contribution in [0.1, 0.15) is 37.5 Å². The van der Waals surface area contributed by atoms with Crippen molar-refractivity contribution in [2.75, 3.05) is 5.73 Å². The van der Waals surface area contributed by atoms with Crippen LogP contribution in [0.3, 0.4) is 0 Å². The summed E-state index contributed by atoms with van der Waals surface area (Å²) >= 11 is 0. The van der Waals surface area contributed by atoms with E-state index in [4.69, 9.17) is 5.73 Å². The van der Waals surface area contributed by atoms with E-state index in [2.05, 4.69) is 36.4 Å². The fourth-order valence-corrected chi connectivity index (χ4v) is 2.79. The van der Waals surface area contributed by atoms with E-state index in [-0.39, 0.29) is 17.6 Å². The third-order valence-corrected chi connectivity index (χ3v) is 4.10. The van der Waals surface area contributed by atoms with E-state index in [1.807, 2.05) is 12.3 Å². The number of phenolic OH excluding ortho intramolecular Hbond substituents is 1. The molecular formula is C19H23N7O. The van der Waals surface area contributed by atoms with Gasteiger partial charge in [-0.3, -0.25) is 0 Å². The van der Waals surface area contributed by atoms with Crippen LogP contribution in [-0.2, 0) is 19.4 Å². The SMILES string of the molecule is CCCc1nccn1CCc1nc(N)nc(/N=C(\C)c2ccccc2O)n1. The Hall–Kier alpha value is -3.29. The fraction of sp³-hybridized carbons (Fsp3) is 0.316. The topological polar surface area (TPSA) is 115 Å². The summed E-state index contributed by atoms with van der Waals surface area (Å²) in [6.45, 7) is 4.63. The van der Waals surface area contributed by atoms with Crippen molar-refractivity contribution in [1.82, 2.24) is 24.5 Å². The van der Waals surface area contributed by atoms with Gasteiger partial charge in [-0.2, -0.15) is 15.0 Å². The summed E-state index contributed by atoms with van der Waals surface area (Å²) in [6, 6.07) is 6.99. The van der Waals surface area contributed by atoms with Gasteiger partial charge >= 0.3 is 0 Å². The lowest BCUT2D eigenvalue weighted by Gasteiger charge is -2.07. The van der Waals surface area contributed by atoms with Crippen LogP contribution >= 0.6 is 0 Å². The number of nitrogen functional groups attached to an aromatic ring is 1. The van der Waals surface area contributed by atoms with Crippen molar-refractivity contribution < 1.29 is 5.11 Å². The number of aromatic nitrogens is 5. The van der Waals surface area contributed by atoms with Gasteiger partial charge < -0.3 is 15.4 Å². The largest absolute Gasteiger partial charge is 0.507 e. The minimum Gasteiger partial charge on any atom is -0.507 e. The van der Waals surface area contributed by atoms with E-state index >= 15 is 0 Å². The summed E-state index contributed by atoms with van der Waals surface area (Å²) in [4.78, 5) is 21.5. The Morgan fingerprint density at radius 3 is 2.78 bits per heavy atom. The molecule has 0 aliphatic carbocycles. The molecule has 0 radical (unpaired) electrons. The van der Waals surface area contributed by atoms with E-state index in [1.165, 1.54) is 0 Å². The lowest BCUT2D eigenvalue weighted by atomic mass is 10.1. The first-order valence-corrected chi connectivity index (χ1v) is 8.91. The van der Waals surface area contributed by atoms with Gasteiger partial charge in [0.2, 0.25) is 5.95 Å². The maximum absolute atomic E-state index is 9.96. The second-order valence-electron chi connectivity index (χ2n) is 6.16. The molecule has 0 unspecified atom stereocenters. The number of hydrogen-bond acceptors (Lipinski definition) is 7. The highest BCUT2D eigenvalue weighted by atomic mass is 16.3. The molecule has 1 aromatic carbocycles. The number of imidazole rings is 1. The van der Waals surface area contributed by atoms with Gasteiger partial charge in [-0.1, -0.05) is 19.1 Å². The minimum absolute atomic E-state index is 0.128. The molecule has 0 bridgehead atoms. The Labute approximate surface area is 157 Å². The summed E-state index contributed by atoms with van der Waals surface area (Å²) in [5.41, 5.74) is 7.06. The fourth-order valence-electron chi connectivity index (χ4n) is 2.79. The van der Waals surface area contributed by atoms with Crippen LogP contribution in [0.2, 0.25) is 0 Å². The summed E-state index contributed by atoms with van der Waals surface area (Å²) in [5.74, 6) is 2.14. The molecule has 8 nitrogen and oxygen atoms in total. The first kappa shape index (κ1) is 18.5. The van der Waals surface area contributed by atoms with Gasteiger partial charge in [0.1, 0.15) is 17.4 Å². The number of nitrogens with two attached hydrogens (primary N) is 1. The first-order chi connectivity index (χ1) is 13.1. The molecule has 0 aliphatic heterocycles. The van der Waals surface area contributed by atoms with Crippen molar-refractivity contribution in [3.05, 3.63) is 53.9 Å². The second kappa shape index (κ2) is 8.39. The zero-order valence-electron chi connectivity index (χ0n) is 15.5. The molecule has 140 valence electrons. The Kier molecular flexibility index (Phi) is 5.75. The summed E-state index contributed by atoms with van der Waals surface area (Å²) in [7, 11) is 0. The number of hydrogen-bond donors (Lipinski definition) is 2. The smallest absolute Gasteiger partial charge is 0.254 e. The number of benzene rings is 1. The number of para-hydroxylation sites is 1. The van der Waals surface area contributed by atoms with Crippen molar-refractivity contribution in [2.24, 2.45) is 4.99 Å². The van der Waals surface area contributed by atoms with Crippen molar-refractivity contribution >= 4 is 17.6 Å². The van der Waals surface area contributed by atoms with Crippen LogP contribution in [0, 0.1) is 0 Å². The lowest BCUT2D eigenvalue weighted by molar-refractivity contribution is 0.474. The zero-order valence-corrected chi connectivity index (χ0v) is 15.5. The summed E-state index contributed by atoms with van der Waals surface area (Å²) in [6.07, 6.45) is 6.33. The first-order valence-electron chi connectivity index (χ1n) is 8.91. The molecule has 2 heterocycles. The van der Waals surface area contributed by atoms with Crippen LogP contribution in [0.4, 0.5) is 11.9 Å². The summed E-state index contributed by atoms with van der Waals surface area (Å²) in [5, 5.41) is 9.96. The standard InChI is InChI=1S/C19H23N7O/c1-3-6-17-21-10-12-26(17)11-9-16-23-18(20)25-19(24-16)22-13(2)14-7-4-5-8-15(14)27/h4-5,7-8,10,12,27H,3,6,9,11H2,1-2H3,(H2,20,23,24,25)/b22-13+. The van der Waals surface area contributed by atoms with Gasteiger partial charge in [0.05, 0.1) is 5.71 Å². The molecule has 0 amide bonds. The molecule has 0 atom stereocenters. The molecule has 3 N–H and O–H groups in total. The van der Waals surface area contributed by atoms with Gasteiger partial charge in [-0.25, -0.2) is 9.98 Å². The average Bonchev–Trinajstić information content (AvgIpc) is 3.07. The van der Waals surface area contributed by atoms with Crippen LogP contribution < -0.4 is 5.73 Å². The molecule has 0 spiro atoms. The molecule has 2 aromatic heterocycles. The lowest BCUT2D eigenvalue weighted by Crippen LogP contribution is -2.09. The van der Waals surface area contributed by atoms with Gasteiger partial charge in [0.25, 0.3) is 5.95 Å². The Morgan fingerprint density at radius 1 is 1.19 bits per heavy atom. The quantitative estimate of drug-likeness (QED) is 0.622. The Balaban J connectivity index is 1.79. The second-order valence-corrected chi connectivity index (χ2v) is 6.16. The zero-order chi connectivity index (χ0) is 19.2. The van der Waals surface area contributed by atoms with Crippen molar-refractivity contribution in [1.29, 1.82) is 0 Å². The molecule has 3 aromatic rings. The molecule has 0 fully saturated rings. The number of aliphatic imine (C=N–C) groups is 1. The molecule has 0 aliphatic rings. The molecule has 0 saturated heterocycles. The Morgan fingerprint density at radius 2 is 2.00 bits per heavy atom. The molecule has 27 heavy (non-hydrogen) atoms. The normalized spacial score (nSPS) is 11.7. The summed E-state index contributed by atoms with van der Waals surface area (Å²) < 4.78 is 2.10. The van der Waals surface area contributed by atoms with Gasteiger partial charge in [0.15, 0.2) is 0 Å². The van der Waals surface area contributed by atoms with E-state index in [1.54, 1.807) is 31.3 Å². The highest BCUT2D eigenvalue weighted by Crippen LogP contribution is 2.18. The number of rotatable bonds is 7. The third-order valence-electron chi connectivity index (χ3n) is 4.10. The van der Waals surface area contributed by atoms with Gasteiger partial charge in [0, 0.05) is 37.3 Å². The van der Waals surface area contributed by atoms with Crippen LogP contribution in [0.5, 0.6) is 5.75 Å². The molecule has 3 rings (SSSR count).